The van der Waals surface area contributed by atoms with E-state index >= 15 is 0 Å². The van der Waals surface area contributed by atoms with Crippen molar-refractivity contribution in [1.82, 2.24) is 0 Å². The van der Waals surface area contributed by atoms with Crippen molar-refractivity contribution in [2.45, 2.75) is 66.0 Å². The van der Waals surface area contributed by atoms with Gasteiger partial charge in [-0.15, -0.1) is 0 Å². The van der Waals surface area contributed by atoms with Crippen molar-refractivity contribution in [3.05, 3.63) is 0 Å². The molecule has 3 nitrogen and oxygen atoms in total. The zero-order chi connectivity index (χ0) is 31.6. The zero-order valence-electron chi connectivity index (χ0n) is 15.8. The molecule has 0 amide bonds. The molecule has 0 saturated heterocycles. The van der Waals surface area contributed by atoms with Crippen molar-refractivity contribution in [3.8, 4) is 0 Å². The van der Waals surface area contributed by atoms with Crippen LogP contribution in [0.4, 0.5) is 101 Å². The van der Waals surface area contributed by atoms with E-state index in [4.69, 9.17) is 0 Å². The van der Waals surface area contributed by atoms with Gasteiger partial charge in [0.1, 0.15) is 0 Å². The molecular formula is C11ClF23O3. The molecule has 0 aliphatic heterocycles. The summed E-state index contributed by atoms with van der Waals surface area (Å²) in [5.41, 5.74) is 0. The molecule has 0 rings (SSSR count). The number of rotatable bonds is 10. The summed E-state index contributed by atoms with van der Waals surface area (Å²) < 4.78 is 298. The van der Waals surface area contributed by atoms with Crippen LogP contribution < -0.4 is 0 Å². The summed E-state index contributed by atoms with van der Waals surface area (Å²) in [4.78, 5) is 0. The third-order valence-corrected chi connectivity index (χ3v) is 3.54. The summed E-state index contributed by atoms with van der Waals surface area (Å²) in [6, 6.07) is 0. The third kappa shape index (κ3) is 6.15. The Hall–Kier alpha value is -1.44. The average Bonchev–Trinajstić information content (AvgIpc) is 2.55. The third-order valence-electron chi connectivity index (χ3n) is 3.32. The van der Waals surface area contributed by atoms with Crippen molar-refractivity contribution in [3.63, 3.8) is 0 Å². The standard InChI is InChI=1S/C11ClF23O3/c12-4(17,18)11(34,35)38-10(32,33)3(16,7(25,26)27)37-9(30,31)2(15,6(22,23)24)36-8(28,29)1(13,14)5(19,20)21. The number of ether oxygens (including phenoxy) is 3. The van der Waals surface area contributed by atoms with E-state index in [1.807, 2.05) is 0 Å². The number of hydrogen-bond acceptors (Lipinski definition) is 3. The van der Waals surface area contributed by atoms with Crippen LogP contribution >= 0.6 is 11.6 Å². The minimum absolute atomic E-state index is 0.993. The first-order chi connectivity index (χ1) is 15.9. The second-order valence-electron chi connectivity index (χ2n) is 6.13. The fourth-order valence-electron chi connectivity index (χ4n) is 1.50. The predicted molar refractivity (Wildman–Crippen MR) is 64.6 cm³/mol. The first kappa shape index (κ1) is 36.6. The highest BCUT2D eigenvalue weighted by atomic mass is 35.5. The van der Waals surface area contributed by atoms with E-state index in [-0.39, 0.29) is 0 Å². The number of hydrogen-bond donors (Lipinski definition) is 0. The SMILES string of the molecule is FC(F)(F)C(F)(F)C(F)(F)OC(F)(C(F)(F)F)C(F)(F)OC(F)(C(F)(F)F)C(F)(F)OC(F)(F)C(F)(F)Cl. The Morgan fingerprint density at radius 1 is 0.316 bits per heavy atom. The van der Waals surface area contributed by atoms with Crippen LogP contribution in [0.2, 0.25) is 0 Å². The molecule has 0 bridgehead atoms. The number of alkyl halides is 24. The molecule has 0 aliphatic carbocycles. The van der Waals surface area contributed by atoms with Gasteiger partial charge in [0.2, 0.25) is 0 Å². The smallest absolute Gasteiger partial charge is 0.263 e. The Morgan fingerprint density at radius 2 is 0.579 bits per heavy atom. The Kier molecular flexibility index (Phi) is 8.95. The van der Waals surface area contributed by atoms with Crippen molar-refractivity contribution >= 4 is 11.6 Å². The van der Waals surface area contributed by atoms with Gasteiger partial charge in [0.25, 0.3) is 0 Å². The van der Waals surface area contributed by atoms with E-state index in [1.165, 1.54) is 4.74 Å². The van der Waals surface area contributed by atoms with Gasteiger partial charge >= 0.3 is 66.0 Å². The van der Waals surface area contributed by atoms with E-state index < -0.39 is 66.0 Å². The molecule has 0 saturated carbocycles. The second-order valence-corrected chi connectivity index (χ2v) is 6.60. The normalized spacial score (nSPS) is 19.3. The molecule has 0 spiro atoms. The molecule has 230 valence electrons. The molecule has 27 heteroatoms. The summed E-state index contributed by atoms with van der Waals surface area (Å²) in [5, 5.41) is -6.64. The molecular weight excluding hydrogens is 653 g/mol. The molecule has 0 radical (unpaired) electrons. The van der Waals surface area contributed by atoms with Gasteiger partial charge in [-0.2, -0.15) is 101 Å². The average molecular weight is 653 g/mol. The quantitative estimate of drug-likeness (QED) is 0.178. The zero-order valence-corrected chi connectivity index (χ0v) is 16.6. The lowest BCUT2D eigenvalue weighted by Gasteiger charge is -2.42. The molecule has 0 aromatic heterocycles. The maximum atomic E-state index is 13.8. The summed E-state index contributed by atoms with van der Waals surface area (Å²) in [6.07, 6.45) is -57.0. The van der Waals surface area contributed by atoms with Gasteiger partial charge in [0, 0.05) is 0 Å². The van der Waals surface area contributed by atoms with Crippen molar-refractivity contribution in [2.75, 3.05) is 0 Å². The highest BCUT2D eigenvalue weighted by Gasteiger charge is 2.88. The van der Waals surface area contributed by atoms with Gasteiger partial charge in [-0.3, -0.25) is 9.47 Å². The lowest BCUT2D eigenvalue weighted by atomic mass is 10.2. The number of halogens is 24. The van der Waals surface area contributed by atoms with Crippen LogP contribution in [0.1, 0.15) is 0 Å². The van der Waals surface area contributed by atoms with Crippen LogP contribution in [-0.2, 0) is 14.2 Å². The molecule has 0 fully saturated rings. The highest BCUT2D eigenvalue weighted by molar-refractivity contribution is 6.22. The Bertz CT molecular complexity index is 838. The van der Waals surface area contributed by atoms with Crippen molar-refractivity contribution in [2.24, 2.45) is 0 Å². The Labute approximate surface area is 194 Å². The van der Waals surface area contributed by atoms with Gasteiger partial charge in [-0.1, -0.05) is 0 Å². The fraction of sp³-hybridized carbons (Fsp3) is 1.00. The topological polar surface area (TPSA) is 27.7 Å². The molecule has 2 unspecified atom stereocenters. The van der Waals surface area contributed by atoms with Crippen LogP contribution in [0, 0.1) is 0 Å². The minimum atomic E-state index is -8.67. The van der Waals surface area contributed by atoms with E-state index in [0.29, 0.717) is 0 Å². The molecule has 0 aromatic carbocycles. The summed E-state index contributed by atoms with van der Waals surface area (Å²) in [6.45, 7) is 0. The maximum absolute atomic E-state index is 13.8. The van der Waals surface area contributed by atoms with Crippen molar-refractivity contribution in [1.29, 1.82) is 0 Å². The minimum Gasteiger partial charge on any atom is -0.263 e. The van der Waals surface area contributed by atoms with Crippen LogP contribution in [0.25, 0.3) is 0 Å². The molecule has 0 aromatic rings. The second kappa shape index (κ2) is 9.31. The Morgan fingerprint density at radius 3 is 0.816 bits per heavy atom. The van der Waals surface area contributed by atoms with Crippen LogP contribution in [-0.4, -0.2) is 66.0 Å². The van der Waals surface area contributed by atoms with E-state index in [2.05, 4.69) is 11.6 Å². The van der Waals surface area contributed by atoms with E-state index in [9.17, 15) is 101 Å². The summed E-state index contributed by atoms with van der Waals surface area (Å²) in [7, 11) is 0. The van der Waals surface area contributed by atoms with Gasteiger partial charge in [-0.05, 0) is 11.6 Å². The molecule has 38 heavy (non-hydrogen) atoms. The van der Waals surface area contributed by atoms with Crippen LogP contribution in [0.3, 0.4) is 0 Å². The van der Waals surface area contributed by atoms with Gasteiger partial charge in [0.05, 0.1) is 0 Å². The van der Waals surface area contributed by atoms with Gasteiger partial charge < -0.3 is 0 Å². The Balaban J connectivity index is 7.07. The lowest BCUT2D eigenvalue weighted by molar-refractivity contribution is -0.581. The fourth-order valence-corrected chi connectivity index (χ4v) is 1.54. The van der Waals surface area contributed by atoms with Crippen LogP contribution in [0.5, 0.6) is 0 Å². The van der Waals surface area contributed by atoms with Gasteiger partial charge in [0.15, 0.2) is 0 Å². The molecule has 2 atom stereocenters. The lowest BCUT2D eigenvalue weighted by Crippen LogP contribution is -2.70. The predicted octanol–water partition coefficient (Wildman–Crippen LogP) is 7.89. The monoisotopic (exact) mass is 652 g/mol. The van der Waals surface area contributed by atoms with E-state index in [0.717, 1.165) is 9.47 Å². The molecule has 0 aliphatic rings. The van der Waals surface area contributed by atoms with Crippen LogP contribution in [0.15, 0.2) is 0 Å². The largest absolute Gasteiger partial charge is 0.462 e. The molecule has 0 heterocycles. The van der Waals surface area contributed by atoms with Gasteiger partial charge in [-0.25, -0.2) is 4.74 Å². The first-order valence-corrected chi connectivity index (χ1v) is 7.89. The summed E-state index contributed by atoms with van der Waals surface area (Å²) in [5.74, 6) is -25.3. The van der Waals surface area contributed by atoms with Crippen molar-refractivity contribution < 1.29 is 115 Å². The first-order valence-electron chi connectivity index (χ1n) is 7.51. The summed E-state index contributed by atoms with van der Waals surface area (Å²) >= 11 is 3.40. The highest BCUT2D eigenvalue weighted by Crippen LogP contribution is 2.59. The molecule has 0 N–H and O–H groups in total. The maximum Gasteiger partial charge on any atom is 0.462 e. The van der Waals surface area contributed by atoms with E-state index in [1.54, 1.807) is 0 Å².